The summed E-state index contributed by atoms with van der Waals surface area (Å²) in [4.78, 5) is 39.7. The topological polar surface area (TPSA) is 78.5 Å². The van der Waals surface area contributed by atoms with Crippen molar-refractivity contribution in [1.82, 2.24) is 14.9 Å². The number of benzene rings is 1. The van der Waals surface area contributed by atoms with Crippen LogP contribution >= 0.6 is 23.1 Å². The molecule has 3 aromatic rings. The third kappa shape index (κ3) is 4.95. The number of carbonyl (C=O) groups excluding carboxylic acids is 1. The van der Waals surface area contributed by atoms with Gasteiger partial charge in [-0.15, -0.1) is 23.1 Å². The summed E-state index contributed by atoms with van der Waals surface area (Å²) in [7, 11) is 1.67. The van der Waals surface area contributed by atoms with Gasteiger partial charge in [-0.1, -0.05) is 0 Å². The van der Waals surface area contributed by atoms with E-state index in [0.717, 1.165) is 67.0 Å². The Morgan fingerprint density at radius 1 is 1.12 bits per heavy atom. The molecule has 1 saturated heterocycles. The van der Waals surface area contributed by atoms with E-state index in [0.29, 0.717) is 23.9 Å². The summed E-state index contributed by atoms with van der Waals surface area (Å²) in [5, 5.41) is 0.788. The molecular weight excluding hydrogens is 468 g/mol. The Morgan fingerprint density at radius 2 is 1.94 bits per heavy atom. The molecule has 34 heavy (non-hydrogen) atoms. The van der Waals surface area contributed by atoms with E-state index in [1.807, 2.05) is 17.0 Å². The average Bonchev–Trinajstić information content (AvgIpc) is 3.05. The lowest BCUT2D eigenvalue weighted by molar-refractivity contribution is -0.128. The molecule has 0 spiro atoms. The van der Waals surface area contributed by atoms with Crippen molar-refractivity contribution in [2.45, 2.75) is 37.9 Å². The van der Waals surface area contributed by atoms with Crippen LogP contribution in [0.4, 0.5) is 5.69 Å². The van der Waals surface area contributed by atoms with Crippen LogP contribution in [0.1, 0.15) is 35.5 Å². The van der Waals surface area contributed by atoms with E-state index in [4.69, 9.17) is 9.72 Å². The van der Waals surface area contributed by atoms with Gasteiger partial charge in [0.2, 0.25) is 5.91 Å². The van der Waals surface area contributed by atoms with Crippen molar-refractivity contribution in [3.63, 3.8) is 0 Å². The summed E-state index contributed by atoms with van der Waals surface area (Å²) in [5.74, 6) is 2.59. The maximum Gasteiger partial charge on any atom is 0.259 e. The van der Waals surface area contributed by atoms with Gasteiger partial charge in [-0.3, -0.25) is 9.59 Å². The number of carbonyl (C=O) groups is 1. The molecule has 180 valence electrons. The van der Waals surface area contributed by atoms with E-state index >= 15 is 0 Å². The number of thiophene rings is 1. The molecule has 1 N–H and O–H groups in total. The Hall–Kier alpha value is -2.52. The van der Waals surface area contributed by atoms with Crippen LogP contribution in [0.25, 0.3) is 10.2 Å². The number of hydrogen-bond donors (Lipinski definition) is 1. The first-order valence-corrected chi connectivity index (χ1v) is 13.9. The standard InChI is InChI=1S/C25H30N4O3S2/c1-32-18-9-7-17(8-10-18)28-11-4-12-29(14-13-28)22(30)16-33-15-21-26-24(31)23-19-5-2-3-6-20(19)34-25(23)27-21/h7-10H,2-6,11-16H2,1H3,(H,26,27,31). The lowest BCUT2D eigenvalue weighted by Crippen LogP contribution is -2.36. The maximum atomic E-state index is 12.9. The smallest absolute Gasteiger partial charge is 0.259 e. The highest BCUT2D eigenvalue weighted by Crippen LogP contribution is 2.33. The van der Waals surface area contributed by atoms with Gasteiger partial charge in [0.25, 0.3) is 5.56 Å². The first-order valence-electron chi connectivity index (χ1n) is 11.9. The van der Waals surface area contributed by atoms with Crippen LogP contribution in [0.5, 0.6) is 5.75 Å². The second-order valence-electron chi connectivity index (χ2n) is 8.82. The number of nitrogens with one attached hydrogen (secondary N) is 1. The molecular formula is C25H30N4O3S2. The van der Waals surface area contributed by atoms with Crippen molar-refractivity contribution < 1.29 is 9.53 Å². The van der Waals surface area contributed by atoms with Gasteiger partial charge in [0, 0.05) is 36.7 Å². The number of fused-ring (bicyclic) bond motifs is 3. The van der Waals surface area contributed by atoms with Gasteiger partial charge in [-0.25, -0.2) is 4.98 Å². The van der Waals surface area contributed by atoms with Crippen LogP contribution in [0.15, 0.2) is 29.1 Å². The highest BCUT2D eigenvalue weighted by Gasteiger charge is 2.21. The summed E-state index contributed by atoms with van der Waals surface area (Å²) in [6, 6.07) is 8.09. The molecule has 2 aromatic heterocycles. The normalized spacial score (nSPS) is 16.4. The summed E-state index contributed by atoms with van der Waals surface area (Å²) < 4.78 is 5.25. The van der Waals surface area contributed by atoms with E-state index < -0.39 is 0 Å². The van der Waals surface area contributed by atoms with Gasteiger partial charge < -0.3 is 19.5 Å². The predicted molar refractivity (Wildman–Crippen MR) is 139 cm³/mol. The van der Waals surface area contributed by atoms with E-state index in [2.05, 4.69) is 22.0 Å². The third-order valence-electron chi connectivity index (χ3n) is 6.62. The molecule has 0 unspecified atom stereocenters. The van der Waals surface area contributed by atoms with E-state index in [9.17, 15) is 9.59 Å². The summed E-state index contributed by atoms with van der Waals surface area (Å²) >= 11 is 3.19. The molecule has 0 atom stereocenters. The van der Waals surface area contributed by atoms with Gasteiger partial charge in [0.05, 0.1) is 24.0 Å². The summed E-state index contributed by atoms with van der Waals surface area (Å²) in [6.07, 6.45) is 5.31. The highest BCUT2D eigenvalue weighted by atomic mass is 32.2. The van der Waals surface area contributed by atoms with Crippen molar-refractivity contribution in [3.05, 3.63) is 50.9 Å². The zero-order valence-corrected chi connectivity index (χ0v) is 21.1. The first-order chi connectivity index (χ1) is 16.6. The first kappa shape index (κ1) is 23.2. The molecule has 2 aliphatic rings. The fraction of sp³-hybridized carbons (Fsp3) is 0.480. The quantitative estimate of drug-likeness (QED) is 0.556. The number of anilines is 1. The number of aromatic amines is 1. The molecule has 7 nitrogen and oxygen atoms in total. The third-order valence-corrected chi connectivity index (χ3v) is 8.74. The molecule has 1 fully saturated rings. The molecule has 9 heteroatoms. The van der Waals surface area contributed by atoms with Crippen LogP contribution < -0.4 is 15.2 Å². The molecule has 3 heterocycles. The van der Waals surface area contributed by atoms with Crippen LogP contribution in [0.2, 0.25) is 0 Å². The molecule has 0 saturated carbocycles. The van der Waals surface area contributed by atoms with Crippen LogP contribution in [-0.4, -0.2) is 59.8 Å². The number of hydrogen-bond acceptors (Lipinski definition) is 7. The lowest BCUT2D eigenvalue weighted by Gasteiger charge is -2.24. The minimum atomic E-state index is -0.0301. The number of aromatic nitrogens is 2. The van der Waals surface area contributed by atoms with Crippen molar-refractivity contribution in [1.29, 1.82) is 0 Å². The van der Waals surface area contributed by atoms with Crippen molar-refractivity contribution in [2.75, 3.05) is 43.9 Å². The monoisotopic (exact) mass is 498 g/mol. The number of ether oxygens (including phenoxy) is 1. The zero-order valence-electron chi connectivity index (χ0n) is 19.5. The molecule has 1 aliphatic carbocycles. The average molecular weight is 499 g/mol. The van der Waals surface area contributed by atoms with Crippen molar-refractivity contribution in [3.8, 4) is 5.75 Å². The van der Waals surface area contributed by atoms with E-state index in [1.54, 1.807) is 18.4 Å². The van der Waals surface area contributed by atoms with Gasteiger partial charge >= 0.3 is 0 Å². The maximum absolute atomic E-state index is 12.9. The van der Waals surface area contributed by atoms with Crippen LogP contribution in [0, 0.1) is 0 Å². The minimum Gasteiger partial charge on any atom is -0.497 e. The van der Waals surface area contributed by atoms with Gasteiger partial charge in [-0.05, 0) is 61.9 Å². The Morgan fingerprint density at radius 3 is 2.76 bits per heavy atom. The van der Waals surface area contributed by atoms with Crippen LogP contribution in [0.3, 0.4) is 0 Å². The highest BCUT2D eigenvalue weighted by molar-refractivity contribution is 7.99. The second-order valence-corrected chi connectivity index (χ2v) is 10.9. The molecule has 0 radical (unpaired) electrons. The van der Waals surface area contributed by atoms with E-state index in [-0.39, 0.29) is 11.5 Å². The number of H-pyrrole nitrogens is 1. The Labute approximate surface area is 207 Å². The number of thioether (sulfide) groups is 1. The molecule has 1 aliphatic heterocycles. The van der Waals surface area contributed by atoms with Crippen molar-refractivity contribution >= 4 is 44.9 Å². The van der Waals surface area contributed by atoms with Crippen molar-refractivity contribution in [2.24, 2.45) is 0 Å². The van der Waals surface area contributed by atoms with Crippen LogP contribution in [-0.2, 0) is 23.4 Å². The minimum absolute atomic E-state index is 0.0301. The number of amides is 1. The predicted octanol–water partition coefficient (Wildman–Crippen LogP) is 3.84. The van der Waals surface area contributed by atoms with Gasteiger partial charge in [-0.2, -0.15) is 0 Å². The van der Waals surface area contributed by atoms with Gasteiger partial charge in [0.1, 0.15) is 16.4 Å². The molecule has 5 rings (SSSR count). The summed E-state index contributed by atoms with van der Waals surface area (Å²) in [6.45, 7) is 3.23. The number of rotatable bonds is 6. The number of aryl methyl sites for hydroxylation is 2. The lowest BCUT2D eigenvalue weighted by atomic mass is 9.97. The second kappa shape index (κ2) is 10.4. The summed E-state index contributed by atoms with van der Waals surface area (Å²) in [5.41, 5.74) is 2.34. The fourth-order valence-electron chi connectivity index (χ4n) is 4.82. The Balaban J connectivity index is 1.15. The van der Waals surface area contributed by atoms with Gasteiger partial charge in [0.15, 0.2) is 0 Å². The fourth-order valence-corrected chi connectivity index (χ4v) is 6.89. The SMILES string of the molecule is COc1ccc(N2CCCN(C(=O)CSCc3nc4sc5c(c4c(=O)[nH]3)CCCC5)CC2)cc1. The van der Waals surface area contributed by atoms with E-state index in [1.165, 1.54) is 28.6 Å². The molecule has 1 aromatic carbocycles. The Bertz CT molecular complexity index is 1220. The Kier molecular flexibility index (Phi) is 7.10. The number of nitrogens with zero attached hydrogens (tertiary/aromatic N) is 3. The largest absolute Gasteiger partial charge is 0.497 e. The molecule has 0 bridgehead atoms. The zero-order chi connectivity index (χ0) is 23.5. The number of methoxy groups -OCH3 is 1. The molecule has 1 amide bonds.